The van der Waals surface area contributed by atoms with E-state index in [0.29, 0.717) is 16.7 Å². The third-order valence-corrected chi connectivity index (χ3v) is 5.39. The number of hydrogen-bond acceptors (Lipinski definition) is 6. The van der Waals surface area contributed by atoms with Crippen molar-refractivity contribution in [3.05, 3.63) is 48.3 Å². The molecule has 3 aromatic rings. The molecule has 7 heteroatoms. The van der Waals surface area contributed by atoms with E-state index in [4.69, 9.17) is 4.74 Å². The van der Waals surface area contributed by atoms with Crippen LogP contribution in [0.1, 0.15) is 44.5 Å². The number of aromatic nitrogens is 4. The van der Waals surface area contributed by atoms with Crippen LogP contribution in [0.25, 0.3) is 11.3 Å². The molecule has 1 aromatic carbocycles. The molecule has 0 saturated heterocycles. The average molecular weight is 382 g/mol. The quantitative estimate of drug-likeness (QED) is 0.441. The second-order valence-electron chi connectivity index (χ2n) is 6.47. The van der Waals surface area contributed by atoms with Gasteiger partial charge in [0.2, 0.25) is 17.3 Å². The van der Waals surface area contributed by atoms with E-state index in [2.05, 4.69) is 32.4 Å². The third-order valence-electron chi connectivity index (χ3n) is 4.47. The molecule has 0 aliphatic carbocycles. The maximum atomic E-state index is 6.20. The first kappa shape index (κ1) is 17.9. The van der Waals surface area contributed by atoms with E-state index in [-0.39, 0.29) is 6.23 Å². The van der Waals surface area contributed by atoms with Crippen LogP contribution in [0, 0.1) is 0 Å². The monoisotopic (exact) mass is 381 g/mol. The van der Waals surface area contributed by atoms with Crippen LogP contribution in [0.4, 0.5) is 5.69 Å². The van der Waals surface area contributed by atoms with Crippen LogP contribution in [0.5, 0.6) is 5.88 Å². The standard InChI is InChI=1S/C20H23N5OS/c1-2-3-4-7-13-27-20-23-19-17(24-25-20)14-9-5-6-10-15(14)22-18(26-19)16-11-8-12-21-16/h5-6,8-12,18,21-22H,2-4,7,13H2,1H3/t18-/m1/s1. The smallest absolute Gasteiger partial charge is 0.247 e. The van der Waals surface area contributed by atoms with Gasteiger partial charge in [0.05, 0.1) is 5.69 Å². The van der Waals surface area contributed by atoms with Gasteiger partial charge in [-0.25, -0.2) is 0 Å². The highest BCUT2D eigenvalue weighted by Gasteiger charge is 2.26. The summed E-state index contributed by atoms with van der Waals surface area (Å²) in [6, 6.07) is 11.9. The van der Waals surface area contributed by atoms with Gasteiger partial charge in [-0.1, -0.05) is 56.1 Å². The molecule has 0 fully saturated rings. The summed E-state index contributed by atoms with van der Waals surface area (Å²) in [7, 11) is 0. The number of hydrogen-bond donors (Lipinski definition) is 2. The number of fused-ring (bicyclic) bond motifs is 3. The lowest BCUT2D eigenvalue weighted by Crippen LogP contribution is -2.17. The summed E-state index contributed by atoms with van der Waals surface area (Å²) in [6.07, 6.45) is 6.43. The highest BCUT2D eigenvalue weighted by atomic mass is 32.2. The van der Waals surface area contributed by atoms with Gasteiger partial charge in [0, 0.05) is 23.2 Å². The predicted octanol–water partition coefficient (Wildman–Crippen LogP) is 5.04. The van der Waals surface area contributed by atoms with Gasteiger partial charge in [0.15, 0.2) is 5.69 Å². The number of aromatic amines is 1. The van der Waals surface area contributed by atoms with Gasteiger partial charge < -0.3 is 15.0 Å². The molecule has 0 radical (unpaired) electrons. The number of ether oxygens (including phenoxy) is 1. The Hall–Kier alpha value is -2.54. The van der Waals surface area contributed by atoms with Gasteiger partial charge in [0.25, 0.3) is 0 Å². The van der Waals surface area contributed by atoms with Crippen LogP contribution < -0.4 is 10.1 Å². The molecular weight excluding hydrogens is 358 g/mol. The van der Waals surface area contributed by atoms with Crippen molar-refractivity contribution in [1.82, 2.24) is 20.2 Å². The molecule has 0 spiro atoms. The summed E-state index contributed by atoms with van der Waals surface area (Å²) >= 11 is 1.64. The minimum absolute atomic E-state index is 0.360. The van der Waals surface area contributed by atoms with Crippen molar-refractivity contribution >= 4 is 17.4 Å². The number of rotatable bonds is 7. The summed E-state index contributed by atoms with van der Waals surface area (Å²) in [4.78, 5) is 7.87. The molecule has 27 heavy (non-hydrogen) atoms. The zero-order valence-electron chi connectivity index (χ0n) is 15.3. The van der Waals surface area contributed by atoms with Crippen molar-refractivity contribution in [1.29, 1.82) is 0 Å². The Morgan fingerprint density at radius 3 is 2.85 bits per heavy atom. The fourth-order valence-electron chi connectivity index (χ4n) is 3.05. The minimum atomic E-state index is -0.360. The Labute approximate surface area is 163 Å². The van der Waals surface area contributed by atoms with Gasteiger partial charge in [-0.05, 0) is 24.6 Å². The van der Waals surface area contributed by atoms with E-state index in [1.165, 1.54) is 19.3 Å². The topological polar surface area (TPSA) is 75.7 Å². The number of nitrogens with one attached hydrogen (secondary N) is 2. The van der Waals surface area contributed by atoms with E-state index < -0.39 is 0 Å². The van der Waals surface area contributed by atoms with Crippen molar-refractivity contribution in [2.24, 2.45) is 0 Å². The van der Waals surface area contributed by atoms with Crippen LogP contribution in [0.15, 0.2) is 47.8 Å². The highest BCUT2D eigenvalue weighted by molar-refractivity contribution is 7.99. The van der Waals surface area contributed by atoms with E-state index in [0.717, 1.165) is 29.1 Å². The number of thioether (sulfide) groups is 1. The van der Waals surface area contributed by atoms with E-state index in [1.807, 2.05) is 42.6 Å². The van der Waals surface area contributed by atoms with E-state index >= 15 is 0 Å². The first-order chi connectivity index (χ1) is 13.3. The lowest BCUT2D eigenvalue weighted by Gasteiger charge is -2.17. The van der Waals surface area contributed by atoms with Gasteiger partial charge in [-0.2, -0.15) is 4.98 Å². The summed E-state index contributed by atoms with van der Waals surface area (Å²) in [5.41, 5.74) is 3.50. The summed E-state index contributed by atoms with van der Waals surface area (Å²) < 4.78 is 6.20. The predicted molar refractivity (Wildman–Crippen MR) is 108 cm³/mol. The Bertz CT molecular complexity index is 884. The van der Waals surface area contributed by atoms with Gasteiger partial charge in [-0.3, -0.25) is 0 Å². The van der Waals surface area contributed by atoms with Crippen LogP contribution in [-0.4, -0.2) is 25.9 Å². The van der Waals surface area contributed by atoms with Crippen molar-refractivity contribution in [2.45, 2.75) is 44.0 Å². The molecule has 3 heterocycles. The second kappa shape index (κ2) is 8.43. The molecule has 140 valence electrons. The first-order valence-corrected chi connectivity index (χ1v) is 10.4. The van der Waals surface area contributed by atoms with Crippen LogP contribution in [-0.2, 0) is 0 Å². The molecule has 4 rings (SSSR count). The molecule has 0 unspecified atom stereocenters. The van der Waals surface area contributed by atoms with Gasteiger partial charge in [-0.15, -0.1) is 10.2 Å². The van der Waals surface area contributed by atoms with Crippen LogP contribution in [0.3, 0.4) is 0 Å². The largest absolute Gasteiger partial charge is 0.446 e. The molecule has 1 aliphatic heterocycles. The first-order valence-electron chi connectivity index (χ1n) is 9.38. The van der Waals surface area contributed by atoms with E-state index in [9.17, 15) is 0 Å². The number of anilines is 1. The highest BCUT2D eigenvalue weighted by Crippen LogP contribution is 2.39. The van der Waals surface area contributed by atoms with Crippen LogP contribution in [0.2, 0.25) is 0 Å². The summed E-state index contributed by atoms with van der Waals surface area (Å²) in [5, 5.41) is 12.9. The molecule has 1 atom stereocenters. The summed E-state index contributed by atoms with van der Waals surface area (Å²) in [6.45, 7) is 2.22. The fourth-order valence-corrected chi connectivity index (χ4v) is 3.83. The minimum Gasteiger partial charge on any atom is -0.446 e. The molecule has 0 amide bonds. The Kier molecular flexibility index (Phi) is 5.58. The number of H-pyrrole nitrogens is 1. The maximum absolute atomic E-state index is 6.20. The average Bonchev–Trinajstić information content (AvgIpc) is 3.18. The lowest BCUT2D eigenvalue weighted by atomic mass is 10.1. The van der Waals surface area contributed by atoms with Crippen molar-refractivity contribution in [2.75, 3.05) is 11.1 Å². The molecule has 6 nitrogen and oxygen atoms in total. The Morgan fingerprint density at radius 2 is 2.00 bits per heavy atom. The lowest BCUT2D eigenvalue weighted by molar-refractivity contribution is 0.221. The SMILES string of the molecule is CCCCCCSc1nnc2c(n1)O[C@H](c1ccc[nH]1)Nc1ccccc1-2. The maximum Gasteiger partial charge on any atom is 0.247 e. The molecule has 0 bridgehead atoms. The fraction of sp³-hybridized carbons (Fsp3) is 0.350. The Balaban J connectivity index is 1.61. The number of para-hydroxylation sites is 1. The molecule has 2 N–H and O–H groups in total. The normalized spacial score (nSPS) is 15.2. The summed E-state index contributed by atoms with van der Waals surface area (Å²) in [5.74, 6) is 1.51. The third kappa shape index (κ3) is 4.08. The van der Waals surface area contributed by atoms with Crippen molar-refractivity contribution < 1.29 is 4.74 Å². The van der Waals surface area contributed by atoms with E-state index in [1.54, 1.807) is 11.8 Å². The molecule has 1 aliphatic rings. The number of benzene rings is 1. The second-order valence-corrected chi connectivity index (χ2v) is 7.53. The van der Waals surface area contributed by atoms with Crippen molar-refractivity contribution in [3.63, 3.8) is 0 Å². The van der Waals surface area contributed by atoms with Gasteiger partial charge in [0.1, 0.15) is 0 Å². The number of nitrogens with zero attached hydrogens (tertiary/aromatic N) is 3. The Morgan fingerprint density at radius 1 is 1.07 bits per heavy atom. The van der Waals surface area contributed by atoms with Crippen molar-refractivity contribution in [3.8, 4) is 17.1 Å². The molecular formula is C20H23N5OS. The molecule has 2 aromatic heterocycles. The number of unbranched alkanes of at least 4 members (excludes halogenated alkanes) is 3. The van der Waals surface area contributed by atoms with Crippen LogP contribution >= 0.6 is 11.8 Å². The van der Waals surface area contributed by atoms with Gasteiger partial charge >= 0.3 is 0 Å². The molecule has 0 saturated carbocycles. The zero-order chi connectivity index (χ0) is 18.5. The zero-order valence-corrected chi connectivity index (χ0v) is 16.1.